The van der Waals surface area contributed by atoms with Gasteiger partial charge in [0.15, 0.2) is 0 Å². The standard InChI is InChI=1S/C28H40N2O8/c1-5-37-27(35)25-17(3)19(11-9-15-23(31)32)21(29-25)13-7-8-14-22-20(12-10-16-24(33)34)18(4)26(30-22)28(36)38-6-2/h29-30H,5-16H2,1-4H3,(H,31,32)(H,33,34). The summed E-state index contributed by atoms with van der Waals surface area (Å²) in [6.45, 7) is 7.72. The number of unbranched alkanes of at least 4 members (excludes halogenated alkanes) is 1. The molecule has 0 fully saturated rings. The molecule has 2 aromatic heterocycles. The number of carboxylic acid groups (broad SMARTS) is 2. The Hall–Kier alpha value is -3.56. The van der Waals surface area contributed by atoms with Gasteiger partial charge in [-0.1, -0.05) is 0 Å². The van der Waals surface area contributed by atoms with Gasteiger partial charge in [-0.2, -0.15) is 0 Å². The van der Waals surface area contributed by atoms with E-state index in [4.69, 9.17) is 19.7 Å². The molecular weight excluding hydrogens is 492 g/mol. The van der Waals surface area contributed by atoms with Crippen molar-refractivity contribution in [2.45, 2.75) is 91.9 Å². The number of aromatic amines is 2. The number of H-pyrrole nitrogens is 2. The molecule has 0 aromatic carbocycles. The monoisotopic (exact) mass is 532 g/mol. The summed E-state index contributed by atoms with van der Waals surface area (Å²) in [6, 6.07) is 0. The molecular formula is C28H40N2O8. The maximum atomic E-state index is 12.4. The van der Waals surface area contributed by atoms with Gasteiger partial charge in [-0.25, -0.2) is 9.59 Å². The third-order valence-corrected chi connectivity index (χ3v) is 6.63. The molecule has 0 saturated carbocycles. The highest BCUT2D eigenvalue weighted by Crippen LogP contribution is 2.26. The molecule has 0 amide bonds. The van der Waals surface area contributed by atoms with Gasteiger partial charge in [0.05, 0.1) is 13.2 Å². The topological polar surface area (TPSA) is 159 Å². The van der Waals surface area contributed by atoms with Crippen molar-refractivity contribution in [1.29, 1.82) is 0 Å². The minimum Gasteiger partial charge on any atom is -0.481 e. The maximum Gasteiger partial charge on any atom is 0.355 e. The SMILES string of the molecule is CCOC(=O)c1[nH]c(CCCCc2[nH]c(C(=O)OCC)c(C)c2CCCC(=O)O)c(CCCC(=O)O)c1C. The molecule has 210 valence electrons. The first-order valence-electron chi connectivity index (χ1n) is 13.3. The Morgan fingerprint density at radius 3 is 1.32 bits per heavy atom. The number of aliphatic carboxylic acids is 2. The van der Waals surface area contributed by atoms with Crippen molar-refractivity contribution in [2.24, 2.45) is 0 Å². The number of carbonyl (C=O) groups excluding carboxylic acids is 2. The van der Waals surface area contributed by atoms with Crippen LogP contribution in [0.5, 0.6) is 0 Å². The molecule has 0 atom stereocenters. The van der Waals surface area contributed by atoms with E-state index < -0.39 is 23.9 Å². The van der Waals surface area contributed by atoms with Gasteiger partial charge in [0.25, 0.3) is 0 Å². The normalized spacial score (nSPS) is 10.9. The predicted molar refractivity (Wildman–Crippen MR) is 141 cm³/mol. The fourth-order valence-corrected chi connectivity index (χ4v) is 4.75. The predicted octanol–water partition coefficient (Wildman–Crippen LogP) is 4.69. The lowest BCUT2D eigenvalue weighted by Crippen LogP contribution is -2.07. The van der Waals surface area contributed by atoms with Crippen molar-refractivity contribution in [2.75, 3.05) is 13.2 Å². The van der Waals surface area contributed by atoms with Crippen molar-refractivity contribution in [3.8, 4) is 0 Å². The van der Waals surface area contributed by atoms with Crippen LogP contribution in [0.1, 0.15) is 107 Å². The Labute approximate surface area is 223 Å². The second kappa shape index (κ2) is 15.0. The molecule has 2 aromatic rings. The van der Waals surface area contributed by atoms with Crippen LogP contribution in [0.15, 0.2) is 0 Å². The molecule has 2 rings (SSSR count). The van der Waals surface area contributed by atoms with Gasteiger partial charge in [-0.05, 0) is 101 Å². The first kappa shape index (κ1) is 30.7. The fourth-order valence-electron chi connectivity index (χ4n) is 4.75. The minimum atomic E-state index is -0.854. The summed E-state index contributed by atoms with van der Waals surface area (Å²) in [4.78, 5) is 53.2. The molecule has 0 aliphatic carbocycles. The summed E-state index contributed by atoms with van der Waals surface area (Å²) >= 11 is 0. The summed E-state index contributed by atoms with van der Waals surface area (Å²) in [6.07, 6.45) is 5.07. The molecule has 0 aliphatic heterocycles. The van der Waals surface area contributed by atoms with E-state index in [1.165, 1.54) is 0 Å². The first-order valence-corrected chi connectivity index (χ1v) is 13.3. The Balaban J connectivity index is 2.15. The second-order valence-corrected chi connectivity index (χ2v) is 9.31. The van der Waals surface area contributed by atoms with Crippen molar-refractivity contribution in [3.63, 3.8) is 0 Å². The van der Waals surface area contributed by atoms with Gasteiger partial charge in [0.2, 0.25) is 0 Å². The number of ether oxygens (including phenoxy) is 2. The molecule has 0 radical (unpaired) electrons. The van der Waals surface area contributed by atoms with E-state index in [9.17, 15) is 19.2 Å². The highest BCUT2D eigenvalue weighted by molar-refractivity contribution is 5.90. The number of rotatable bonds is 17. The molecule has 0 unspecified atom stereocenters. The Bertz CT molecular complexity index is 1040. The Morgan fingerprint density at radius 1 is 0.632 bits per heavy atom. The van der Waals surface area contributed by atoms with Crippen LogP contribution in [-0.2, 0) is 44.7 Å². The average molecular weight is 533 g/mol. The van der Waals surface area contributed by atoms with E-state index in [-0.39, 0.29) is 26.1 Å². The quantitative estimate of drug-likeness (QED) is 0.169. The van der Waals surface area contributed by atoms with Crippen LogP contribution in [0.2, 0.25) is 0 Å². The lowest BCUT2D eigenvalue weighted by atomic mass is 9.98. The average Bonchev–Trinajstić information content (AvgIpc) is 3.33. The molecule has 0 saturated heterocycles. The van der Waals surface area contributed by atoms with E-state index in [2.05, 4.69) is 9.97 Å². The van der Waals surface area contributed by atoms with Gasteiger partial charge < -0.3 is 29.7 Å². The zero-order valence-electron chi connectivity index (χ0n) is 22.8. The number of hydrogen-bond acceptors (Lipinski definition) is 6. The van der Waals surface area contributed by atoms with Crippen LogP contribution in [0, 0.1) is 13.8 Å². The minimum absolute atomic E-state index is 0.0540. The summed E-state index contributed by atoms with van der Waals surface area (Å²) in [7, 11) is 0. The number of carbonyl (C=O) groups is 4. The fraction of sp³-hybridized carbons (Fsp3) is 0.571. The Kier molecular flexibility index (Phi) is 12.1. The number of esters is 2. The highest BCUT2D eigenvalue weighted by Gasteiger charge is 2.22. The lowest BCUT2D eigenvalue weighted by Gasteiger charge is -2.07. The van der Waals surface area contributed by atoms with E-state index >= 15 is 0 Å². The summed E-state index contributed by atoms with van der Waals surface area (Å²) in [5.41, 5.74) is 6.15. The zero-order chi connectivity index (χ0) is 28.2. The van der Waals surface area contributed by atoms with E-state index in [1.807, 2.05) is 13.8 Å². The largest absolute Gasteiger partial charge is 0.481 e. The highest BCUT2D eigenvalue weighted by atomic mass is 16.5. The molecule has 10 nitrogen and oxygen atoms in total. The zero-order valence-corrected chi connectivity index (χ0v) is 22.8. The number of carboxylic acids is 2. The van der Waals surface area contributed by atoms with Crippen molar-refractivity contribution in [3.05, 3.63) is 45.0 Å². The lowest BCUT2D eigenvalue weighted by molar-refractivity contribution is -0.138. The third-order valence-electron chi connectivity index (χ3n) is 6.63. The van der Waals surface area contributed by atoms with E-state index in [1.54, 1.807) is 13.8 Å². The van der Waals surface area contributed by atoms with Crippen LogP contribution in [-0.4, -0.2) is 57.3 Å². The van der Waals surface area contributed by atoms with Gasteiger partial charge in [-0.15, -0.1) is 0 Å². The first-order chi connectivity index (χ1) is 18.1. The number of aromatic nitrogens is 2. The van der Waals surface area contributed by atoms with Crippen LogP contribution in [0.4, 0.5) is 0 Å². The van der Waals surface area contributed by atoms with Crippen LogP contribution in [0.25, 0.3) is 0 Å². The van der Waals surface area contributed by atoms with Crippen molar-refractivity contribution >= 4 is 23.9 Å². The van der Waals surface area contributed by atoms with Crippen molar-refractivity contribution in [1.82, 2.24) is 9.97 Å². The van der Waals surface area contributed by atoms with Gasteiger partial charge in [-0.3, -0.25) is 9.59 Å². The van der Waals surface area contributed by atoms with Gasteiger partial charge in [0, 0.05) is 24.2 Å². The molecule has 2 heterocycles. The maximum absolute atomic E-state index is 12.4. The molecule has 0 bridgehead atoms. The molecule has 0 spiro atoms. The number of aryl methyl sites for hydroxylation is 2. The van der Waals surface area contributed by atoms with Gasteiger partial charge in [0.1, 0.15) is 11.4 Å². The van der Waals surface area contributed by atoms with Crippen LogP contribution < -0.4 is 0 Å². The summed E-state index contributed by atoms with van der Waals surface area (Å²) < 4.78 is 10.3. The Morgan fingerprint density at radius 2 is 1.00 bits per heavy atom. The third kappa shape index (κ3) is 8.49. The van der Waals surface area contributed by atoms with Crippen LogP contribution >= 0.6 is 0 Å². The van der Waals surface area contributed by atoms with E-state index in [0.29, 0.717) is 49.9 Å². The molecule has 38 heavy (non-hydrogen) atoms. The molecule has 0 aliphatic rings. The van der Waals surface area contributed by atoms with Gasteiger partial charge >= 0.3 is 23.9 Å². The smallest absolute Gasteiger partial charge is 0.355 e. The second-order valence-electron chi connectivity index (χ2n) is 9.31. The van der Waals surface area contributed by atoms with E-state index in [0.717, 1.165) is 46.5 Å². The summed E-state index contributed by atoms with van der Waals surface area (Å²) in [5.74, 6) is -2.55. The molecule has 4 N–H and O–H groups in total. The summed E-state index contributed by atoms with van der Waals surface area (Å²) in [5, 5.41) is 18.0. The number of nitrogens with one attached hydrogen (secondary N) is 2. The molecule has 10 heteroatoms. The van der Waals surface area contributed by atoms with Crippen molar-refractivity contribution < 1.29 is 38.9 Å². The van der Waals surface area contributed by atoms with Crippen LogP contribution in [0.3, 0.4) is 0 Å². The number of hydrogen-bond donors (Lipinski definition) is 4.